The van der Waals surface area contributed by atoms with E-state index in [9.17, 15) is 0 Å². The van der Waals surface area contributed by atoms with Crippen LogP contribution in [0, 0.1) is 17.8 Å². The van der Waals surface area contributed by atoms with Gasteiger partial charge < -0.3 is 0 Å². The number of fused-ring (bicyclic) bond motifs is 1. The van der Waals surface area contributed by atoms with Gasteiger partial charge in [0.1, 0.15) is 5.70 Å². The van der Waals surface area contributed by atoms with Gasteiger partial charge in [0, 0.05) is 12.1 Å². The van der Waals surface area contributed by atoms with Gasteiger partial charge in [-0.3, -0.25) is 5.43 Å². The Morgan fingerprint density at radius 1 is 1.44 bits per heavy atom. The van der Waals surface area contributed by atoms with Crippen LogP contribution >= 0.6 is 0 Å². The molecule has 84 valence electrons. The standard InChI is InChI=1S/C10H14N6/c1-5-3-7-6(2)8(7)4-11-12-9(5)10-13-15-16-14-10/h4,6-8,12H,3H2,1-2H3,(H,13,14,15,16)/b9-5+,11-4+. The molecule has 2 aliphatic rings. The summed E-state index contributed by atoms with van der Waals surface area (Å²) in [6.07, 6.45) is 3.08. The summed E-state index contributed by atoms with van der Waals surface area (Å²) in [7, 11) is 0. The number of nitrogens with zero attached hydrogens (tertiary/aromatic N) is 4. The van der Waals surface area contributed by atoms with Crippen molar-refractivity contribution < 1.29 is 0 Å². The Morgan fingerprint density at radius 3 is 3.06 bits per heavy atom. The van der Waals surface area contributed by atoms with Gasteiger partial charge in [0.15, 0.2) is 0 Å². The van der Waals surface area contributed by atoms with Crippen molar-refractivity contribution in [3.63, 3.8) is 0 Å². The molecule has 3 rings (SSSR count). The molecule has 1 fully saturated rings. The van der Waals surface area contributed by atoms with Crippen molar-refractivity contribution in [2.45, 2.75) is 20.3 Å². The highest BCUT2D eigenvalue weighted by molar-refractivity contribution is 5.69. The van der Waals surface area contributed by atoms with Crippen molar-refractivity contribution in [2.75, 3.05) is 0 Å². The van der Waals surface area contributed by atoms with Gasteiger partial charge in [-0.2, -0.15) is 10.3 Å². The highest BCUT2D eigenvalue weighted by Gasteiger charge is 2.45. The summed E-state index contributed by atoms with van der Waals surface area (Å²) >= 11 is 0. The van der Waals surface area contributed by atoms with Crippen LogP contribution in [-0.4, -0.2) is 26.8 Å². The van der Waals surface area contributed by atoms with Crippen LogP contribution in [0.25, 0.3) is 5.70 Å². The average molecular weight is 218 g/mol. The van der Waals surface area contributed by atoms with Gasteiger partial charge in [0.05, 0.1) is 0 Å². The summed E-state index contributed by atoms with van der Waals surface area (Å²) < 4.78 is 0. The maximum Gasteiger partial charge on any atom is 0.222 e. The Balaban J connectivity index is 1.92. The van der Waals surface area contributed by atoms with Crippen molar-refractivity contribution in [3.05, 3.63) is 11.4 Å². The van der Waals surface area contributed by atoms with Crippen LogP contribution in [0.1, 0.15) is 26.1 Å². The molecule has 1 aliphatic heterocycles. The van der Waals surface area contributed by atoms with E-state index in [0.29, 0.717) is 11.7 Å². The number of nitrogens with one attached hydrogen (secondary N) is 2. The SMILES string of the molecule is C/C1=C(/c2nn[nH]n2)N/N=C/C2C(C)C2C1. The smallest absolute Gasteiger partial charge is 0.222 e. The van der Waals surface area contributed by atoms with Crippen molar-refractivity contribution in [3.8, 4) is 0 Å². The maximum absolute atomic E-state index is 4.24. The largest absolute Gasteiger partial charge is 0.275 e. The van der Waals surface area contributed by atoms with E-state index in [1.165, 1.54) is 5.57 Å². The zero-order valence-electron chi connectivity index (χ0n) is 9.31. The molecule has 1 aliphatic carbocycles. The van der Waals surface area contributed by atoms with Crippen LogP contribution in [-0.2, 0) is 0 Å². The van der Waals surface area contributed by atoms with Gasteiger partial charge in [-0.25, -0.2) is 0 Å². The van der Waals surface area contributed by atoms with Crippen molar-refractivity contribution in [1.29, 1.82) is 0 Å². The Bertz CT molecular complexity index is 446. The molecule has 0 amide bonds. The molecule has 0 radical (unpaired) electrons. The van der Waals surface area contributed by atoms with E-state index in [2.05, 4.69) is 45.0 Å². The summed E-state index contributed by atoms with van der Waals surface area (Å²) in [5.74, 6) is 2.69. The third kappa shape index (κ3) is 1.41. The number of rotatable bonds is 1. The summed E-state index contributed by atoms with van der Waals surface area (Å²) in [4.78, 5) is 0. The molecule has 3 atom stereocenters. The van der Waals surface area contributed by atoms with E-state index in [1.807, 2.05) is 6.21 Å². The molecule has 0 aromatic carbocycles. The first-order valence-corrected chi connectivity index (χ1v) is 5.50. The minimum absolute atomic E-state index is 0.585. The molecular weight excluding hydrogens is 204 g/mol. The molecule has 1 aromatic heterocycles. The molecule has 3 unspecified atom stereocenters. The molecule has 0 saturated heterocycles. The van der Waals surface area contributed by atoms with Crippen molar-refractivity contribution in [2.24, 2.45) is 22.9 Å². The number of hydrogen-bond donors (Lipinski definition) is 2. The fraction of sp³-hybridized carbons (Fsp3) is 0.600. The minimum Gasteiger partial charge on any atom is -0.275 e. The first-order valence-electron chi connectivity index (χ1n) is 5.50. The van der Waals surface area contributed by atoms with Crippen LogP contribution in [0.2, 0.25) is 0 Å². The lowest BCUT2D eigenvalue weighted by Gasteiger charge is -2.10. The Labute approximate surface area is 93.2 Å². The third-order valence-corrected chi connectivity index (χ3v) is 3.60. The summed E-state index contributed by atoms with van der Waals surface area (Å²) in [5, 5.41) is 18.2. The lowest BCUT2D eigenvalue weighted by atomic mass is 10.1. The zero-order chi connectivity index (χ0) is 11.1. The van der Waals surface area contributed by atoms with Crippen LogP contribution in [0.4, 0.5) is 0 Å². The van der Waals surface area contributed by atoms with Crippen molar-refractivity contribution in [1.82, 2.24) is 26.0 Å². The van der Waals surface area contributed by atoms with E-state index in [1.54, 1.807) is 0 Å². The fourth-order valence-electron chi connectivity index (χ4n) is 2.40. The second-order valence-electron chi connectivity index (χ2n) is 4.59. The summed E-state index contributed by atoms with van der Waals surface area (Å²) in [6.45, 7) is 4.37. The van der Waals surface area contributed by atoms with Crippen LogP contribution in [0.3, 0.4) is 0 Å². The molecule has 1 aromatic rings. The van der Waals surface area contributed by atoms with Gasteiger partial charge in [0.2, 0.25) is 5.82 Å². The lowest BCUT2D eigenvalue weighted by Crippen LogP contribution is -2.11. The molecule has 2 heterocycles. The molecule has 6 heteroatoms. The number of aromatic amines is 1. The minimum atomic E-state index is 0.585. The van der Waals surface area contributed by atoms with Gasteiger partial charge in [-0.15, -0.1) is 10.2 Å². The second-order valence-corrected chi connectivity index (χ2v) is 4.59. The normalized spacial score (nSPS) is 39.2. The monoisotopic (exact) mass is 218 g/mol. The summed E-state index contributed by atoms with van der Waals surface area (Å²) in [5.41, 5.74) is 5.14. The molecular formula is C10H14N6. The van der Waals surface area contributed by atoms with E-state index >= 15 is 0 Å². The average Bonchev–Trinajstić information content (AvgIpc) is 2.72. The summed E-state index contributed by atoms with van der Waals surface area (Å²) in [6, 6.07) is 0. The quantitative estimate of drug-likeness (QED) is 0.730. The molecule has 2 N–H and O–H groups in total. The van der Waals surface area contributed by atoms with Crippen LogP contribution in [0.5, 0.6) is 0 Å². The first kappa shape index (κ1) is 9.50. The van der Waals surface area contributed by atoms with E-state index in [0.717, 1.165) is 24.0 Å². The van der Waals surface area contributed by atoms with E-state index in [4.69, 9.17) is 0 Å². The third-order valence-electron chi connectivity index (χ3n) is 3.60. The van der Waals surface area contributed by atoms with Crippen LogP contribution < -0.4 is 5.43 Å². The Kier molecular flexibility index (Phi) is 2.02. The second kappa shape index (κ2) is 3.40. The fourth-order valence-corrected chi connectivity index (χ4v) is 2.40. The van der Waals surface area contributed by atoms with E-state index in [-0.39, 0.29) is 0 Å². The number of hydrogen-bond acceptors (Lipinski definition) is 5. The van der Waals surface area contributed by atoms with Crippen LogP contribution in [0.15, 0.2) is 10.7 Å². The Morgan fingerprint density at radius 2 is 2.31 bits per heavy atom. The number of tetrazole rings is 1. The Hall–Kier alpha value is -1.72. The van der Waals surface area contributed by atoms with Gasteiger partial charge in [-0.1, -0.05) is 6.92 Å². The predicted molar refractivity (Wildman–Crippen MR) is 59.2 cm³/mol. The van der Waals surface area contributed by atoms with Gasteiger partial charge >= 0.3 is 0 Å². The highest BCUT2D eigenvalue weighted by Crippen LogP contribution is 2.49. The topological polar surface area (TPSA) is 78.8 Å². The number of H-pyrrole nitrogens is 1. The van der Waals surface area contributed by atoms with E-state index < -0.39 is 0 Å². The first-order chi connectivity index (χ1) is 7.77. The molecule has 6 nitrogen and oxygen atoms in total. The number of hydrazone groups is 1. The predicted octanol–water partition coefficient (Wildman–Crippen LogP) is 0.792. The highest BCUT2D eigenvalue weighted by atomic mass is 15.5. The molecule has 1 saturated carbocycles. The van der Waals surface area contributed by atoms with Gasteiger partial charge in [-0.05, 0) is 36.0 Å². The molecule has 16 heavy (non-hydrogen) atoms. The number of aromatic nitrogens is 4. The van der Waals surface area contributed by atoms with Crippen molar-refractivity contribution >= 4 is 11.9 Å². The maximum atomic E-state index is 4.24. The lowest BCUT2D eigenvalue weighted by molar-refractivity contribution is 0.727. The zero-order valence-corrected chi connectivity index (χ0v) is 9.31. The number of allylic oxidation sites excluding steroid dienone is 1. The molecule has 0 spiro atoms. The molecule has 0 bridgehead atoms. The van der Waals surface area contributed by atoms with Gasteiger partial charge in [0.25, 0.3) is 0 Å².